The number of hydrogen-bond acceptors (Lipinski definition) is 4. The molecule has 31 heavy (non-hydrogen) atoms. The highest BCUT2D eigenvalue weighted by atomic mass is 16.5. The number of nitrogens with zero attached hydrogens (tertiary/aromatic N) is 3. The summed E-state index contributed by atoms with van der Waals surface area (Å²) in [6.07, 6.45) is 2.65. The Morgan fingerprint density at radius 3 is 2.77 bits per heavy atom. The van der Waals surface area contributed by atoms with Gasteiger partial charge < -0.3 is 14.5 Å². The number of carbonyl (C=O) groups is 1. The lowest BCUT2D eigenvalue weighted by Gasteiger charge is -2.35. The molecule has 1 saturated heterocycles. The van der Waals surface area contributed by atoms with Crippen LogP contribution in [-0.4, -0.2) is 73.0 Å². The Morgan fingerprint density at radius 2 is 1.97 bits per heavy atom. The fourth-order valence-electron chi connectivity index (χ4n) is 4.94. The number of carbonyl (C=O) groups excluding carboxylic acids is 1. The van der Waals surface area contributed by atoms with Crippen LogP contribution in [0, 0.1) is 6.92 Å². The van der Waals surface area contributed by atoms with Crippen molar-refractivity contribution in [2.24, 2.45) is 0 Å². The molecule has 0 bridgehead atoms. The molecule has 0 N–H and O–H groups in total. The van der Waals surface area contributed by atoms with Crippen molar-refractivity contribution in [1.29, 1.82) is 0 Å². The van der Waals surface area contributed by atoms with E-state index >= 15 is 0 Å². The number of aryl methyl sites for hydroxylation is 1. The number of hydrogen-bond donors (Lipinski definition) is 0. The second-order valence-corrected chi connectivity index (χ2v) is 9.31. The van der Waals surface area contributed by atoms with Gasteiger partial charge in [0.2, 0.25) is 5.91 Å². The molecule has 0 aliphatic carbocycles. The van der Waals surface area contributed by atoms with Gasteiger partial charge in [-0.15, -0.1) is 0 Å². The van der Waals surface area contributed by atoms with Crippen molar-refractivity contribution in [3.05, 3.63) is 65.2 Å². The number of ether oxygens (including phenoxy) is 1. The molecule has 0 saturated carbocycles. The molecular weight excluding hydrogens is 386 g/mol. The van der Waals surface area contributed by atoms with Crippen molar-refractivity contribution in [2.45, 2.75) is 44.8 Å². The number of benzene rings is 2. The minimum atomic E-state index is 0.253. The molecule has 1 fully saturated rings. The lowest BCUT2D eigenvalue weighted by atomic mass is 10.1. The zero-order valence-electron chi connectivity index (χ0n) is 19.1. The van der Waals surface area contributed by atoms with Gasteiger partial charge in [-0.3, -0.25) is 9.69 Å². The predicted molar refractivity (Wildman–Crippen MR) is 124 cm³/mol. The molecule has 1 amide bonds. The molecule has 0 radical (unpaired) electrons. The summed E-state index contributed by atoms with van der Waals surface area (Å²) < 4.78 is 6.17. The van der Waals surface area contributed by atoms with E-state index in [9.17, 15) is 4.79 Å². The van der Waals surface area contributed by atoms with Gasteiger partial charge in [-0.1, -0.05) is 48.0 Å². The largest absolute Gasteiger partial charge is 0.492 e. The van der Waals surface area contributed by atoms with E-state index in [4.69, 9.17) is 4.74 Å². The molecule has 2 aliphatic heterocycles. The Kier molecular flexibility index (Phi) is 6.93. The van der Waals surface area contributed by atoms with Crippen LogP contribution in [-0.2, 0) is 17.8 Å². The van der Waals surface area contributed by atoms with Crippen molar-refractivity contribution in [2.75, 3.05) is 40.3 Å². The molecular formula is C26H35N3O2. The minimum absolute atomic E-state index is 0.253. The Bertz CT molecular complexity index is 898. The first-order valence-electron chi connectivity index (χ1n) is 11.4. The standard InChI is InChI=1S/C26H35N3O2/c1-20-8-6-9-21(14-20)15-26(30)29-13-7-11-23(29)18-28-16-22-10-4-5-12-25(22)31-19-24(28)17-27(2)3/h4-6,8-10,12,14,23-24H,7,11,13,15-19H2,1-3H3. The zero-order chi connectivity index (χ0) is 21.8. The monoisotopic (exact) mass is 421 g/mol. The van der Waals surface area contributed by atoms with Crippen molar-refractivity contribution in [3.63, 3.8) is 0 Å². The summed E-state index contributed by atoms with van der Waals surface area (Å²) in [4.78, 5) is 20.1. The summed E-state index contributed by atoms with van der Waals surface area (Å²) in [5.41, 5.74) is 3.55. The third kappa shape index (κ3) is 5.46. The van der Waals surface area contributed by atoms with E-state index in [0.717, 1.165) is 50.3 Å². The van der Waals surface area contributed by atoms with Gasteiger partial charge in [-0.05, 0) is 45.5 Å². The number of likely N-dealkylation sites (N-methyl/N-ethyl adjacent to an activating group) is 1. The quantitative estimate of drug-likeness (QED) is 0.717. The van der Waals surface area contributed by atoms with Gasteiger partial charge in [-0.2, -0.15) is 0 Å². The smallest absolute Gasteiger partial charge is 0.227 e. The van der Waals surface area contributed by atoms with E-state index < -0.39 is 0 Å². The average molecular weight is 422 g/mol. The Morgan fingerprint density at radius 1 is 1.13 bits per heavy atom. The second kappa shape index (κ2) is 9.84. The van der Waals surface area contributed by atoms with Gasteiger partial charge in [0.15, 0.2) is 0 Å². The summed E-state index contributed by atoms with van der Waals surface area (Å²) in [5, 5.41) is 0. The lowest BCUT2D eigenvalue weighted by molar-refractivity contribution is -0.131. The molecule has 2 aromatic carbocycles. The summed E-state index contributed by atoms with van der Waals surface area (Å²) in [6, 6.07) is 17.2. The van der Waals surface area contributed by atoms with Crippen LogP contribution in [0.25, 0.3) is 0 Å². The molecule has 0 aromatic heterocycles. The second-order valence-electron chi connectivity index (χ2n) is 9.31. The zero-order valence-corrected chi connectivity index (χ0v) is 19.1. The molecule has 166 valence electrons. The summed E-state index contributed by atoms with van der Waals surface area (Å²) >= 11 is 0. The summed E-state index contributed by atoms with van der Waals surface area (Å²) in [6.45, 7) is 6.34. The van der Waals surface area contributed by atoms with E-state index in [1.807, 2.05) is 12.1 Å². The van der Waals surface area contributed by atoms with Gasteiger partial charge in [0.1, 0.15) is 12.4 Å². The van der Waals surface area contributed by atoms with E-state index in [1.54, 1.807) is 0 Å². The number of rotatable bonds is 6. The van der Waals surface area contributed by atoms with Crippen molar-refractivity contribution in [3.8, 4) is 5.75 Å². The summed E-state index contributed by atoms with van der Waals surface area (Å²) in [7, 11) is 4.23. The van der Waals surface area contributed by atoms with E-state index in [0.29, 0.717) is 19.1 Å². The van der Waals surface area contributed by atoms with Gasteiger partial charge in [0.05, 0.1) is 12.5 Å². The molecule has 2 heterocycles. The van der Waals surface area contributed by atoms with Crippen LogP contribution in [0.4, 0.5) is 0 Å². The van der Waals surface area contributed by atoms with Crippen LogP contribution in [0.5, 0.6) is 5.75 Å². The molecule has 2 aromatic rings. The molecule has 0 spiro atoms. The van der Waals surface area contributed by atoms with Crippen LogP contribution in [0.2, 0.25) is 0 Å². The van der Waals surface area contributed by atoms with Crippen molar-refractivity contribution < 1.29 is 9.53 Å². The van der Waals surface area contributed by atoms with Gasteiger partial charge in [0, 0.05) is 37.8 Å². The van der Waals surface area contributed by atoms with Gasteiger partial charge in [0.25, 0.3) is 0 Å². The maximum Gasteiger partial charge on any atom is 0.227 e. The van der Waals surface area contributed by atoms with Crippen molar-refractivity contribution >= 4 is 5.91 Å². The van der Waals surface area contributed by atoms with E-state index in [2.05, 4.69) is 72.1 Å². The van der Waals surface area contributed by atoms with E-state index in [-0.39, 0.29) is 11.9 Å². The highest BCUT2D eigenvalue weighted by molar-refractivity contribution is 5.79. The fourth-order valence-corrected chi connectivity index (χ4v) is 4.94. The predicted octanol–water partition coefficient (Wildman–Crippen LogP) is 3.35. The molecule has 2 atom stereocenters. The third-order valence-electron chi connectivity index (χ3n) is 6.45. The normalized spacial score (nSPS) is 21.6. The maximum atomic E-state index is 13.2. The maximum absolute atomic E-state index is 13.2. The third-order valence-corrected chi connectivity index (χ3v) is 6.45. The molecule has 2 unspecified atom stereocenters. The highest BCUT2D eigenvalue weighted by Gasteiger charge is 2.33. The lowest BCUT2D eigenvalue weighted by Crippen LogP contribution is -2.50. The molecule has 5 heteroatoms. The van der Waals surface area contributed by atoms with Crippen LogP contribution < -0.4 is 4.74 Å². The highest BCUT2D eigenvalue weighted by Crippen LogP contribution is 2.27. The molecule has 2 aliphatic rings. The molecule has 5 nitrogen and oxygen atoms in total. The summed E-state index contributed by atoms with van der Waals surface area (Å²) in [5.74, 6) is 1.25. The number of fused-ring (bicyclic) bond motifs is 1. The number of amides is 1. The first-order chi connectivity index (χ1) is 15.0. The Balaban J connectivity index is 1.48. The minimum Gasteiger partial charge on any atom is -0.492 e. The first-order valence-corrected chi connectivity index (χ1v) is 11.4. The Hall–Kier alpha value is -2.37. The van der Waals surface area contributed by atoms with E-state index in [1.165, 1.54) is 11.1 Å². The van der Waals surface area contributed by atoms with Gasteiger partial charge in [-0.25, -0.2) is 0 Å². The first kappa shape index (κ1) is 21.8. The SMILES string of the molecule is Cc1cccc(CC(=O)N2CCCC2CN2Cc3ccccc3OCC2CN(C)C)c1. The van der Waals surface area contributed by atoms with Crippen LogP contribution in [0.1, 0.15) is 29.5 Å². The topological polar surface area (TPSA) is 36.0 Å². The number of likely N-dealkylation sites (tertiary alicyclic amines) is 1. The fraction of sp³-hybridized carbons (Fsp3) is 0.500. The number of para-hydroxylation sites is 1. The van der Waals surface area contributed by atoms with Crippen molar-refractivity contribution in [1.82, 2.24) is 14.7 Å². The van der Waals surface area contributed by atoms with Gasteiger partial charge >= 0.3 is 0 Å². The van der Waals surface area contributed by atoms with Crippen LogP contribution in [0.3, 0.4) is 0 Å². The molecule has 4 rings (SSSR count). The Labute approximate surface area is 186 Å². The average Bonchev–Trinajstić information content (AvgIpc) is 3.12. The van der Waals surface area contributed by atoms with Crippen LogP contribution >= 0.6 is 0 Å². The van der Waals surface area contributed by atoms with Crippen LogP contribution in [0.15, 0.2) is 48.5 Å².